The Hall–Kier alpha value is -2.30. The van der Waals surface area contributed by atoms with Gasteiger partial charge < -0.3 is 15.9 Å². The molecule has 0 aliphatic heterocycles. The molecule has 0 saturated heterocycles. The molecule has 0 unspecified atom stereocenters. The topological polar surface area (TPSA) is 91.0 Å². The lowest BCUT2D eigenvalue weighted by atomic mass is 10.1. The van der Waals surface area contributed by atoms with Crippen LogP contribution in [0.5, 0.6) is 0 Å². The fraction of sp³-hybridized carbons (Fsp3) is 0.0909. The highest BCUT2D eigenvalue weighted by molar-refractivity contribution is 6.06. The van der Waals surface area contributed by atoms with Gasteiger partial charge >= 0.3 is 0 Å². The smallest absolute Gasteiger partial charge is 0.222 e. The summed E-state index contributed by atoms with van der Waals surface area (Å²) in [6, 6.07) is 5.85. The van der Waals surface area contributed by atoms with Crippen LogP contribution >= 0.6 is 0 Å². The van der Waals surface area contributed by atoms with Crippen LogP contribution in [0, 0.1) is 6.92 Å². The normalized spacial score (nSPS) is 11.3. The van der Waals surface area contributed by atoms with Crippen LogP contribution in [-0.2, 0) is 0 Å². The molecule has 5 heteroatoms. The number of anilines is 2. The fourth-order valence-corrected chi connectivity index (χ4v) is 1.85. The van der Waals surface area contributed by atoms with Crippen molar-refractivity contribution < 1.29 is 4.42 Å². The number of rotatable bonds is 0. The van der Waals surface area contributed by atoms with E-state index >= 15 is 0 Å². The summed E-state index contributed by atoms with van der Waals surface area (Å²) in [6.45, 7) is 1.97. The summed E-state index contributed by atoms with van der Waals surface area (Å²) in [6.07, 6.45) is 0. The Morgan fingerprint density at radius 2 is 1.94 bits per heavy atom. The second-order valence-corrected chi connectivity index (χ2v) is 3.70. The quantitative estimate of drug-likeness (QED) is 0.595. The van der Waals surface area contributed by atoms with Crippen LogP contribution in [0.2, 0.25) is 0 Å². The highest BCUT2D eigenvalue weighted by atomic mass is 16.3. The van der Waals surface area contributed by atoms with Crippen LogP contribution in [0.15, 0.2) is 22.6 Å². The minimum atomic E-state index is 0.161. The van der Waals surface area contributed by atoms with Crippen molar-refractivity contribution in [1.29, 1.82) is 0 Å². The van der Waals surface area contributed by atoms with Gasteiger partial charge in [0.2, 0.25) is 5.95 Å². The van der Waals surface area contributed by atoms with E-state index in [2.05, 4.69) is 9.97 Å². The van der Waals surface area contributed by atoms with Gasteiger partial charge in [-0.25, -0.2) is 4.98 Å². The number of benzene rings is 1. The molecule has 0 saturated carbocycles. The molecule has 0 atom stereocenters. The lowest BCUT2D eigenvalue weighted by Gasteiger charge is -1.94. The molecule has 80 valence electrons. The maximum absolute atomic E-state index is 5.75. The van der Waals surface area contributed by atoms with Gasteiger partial charge in [0.1, 0.15) is 11.1 Å². The predicted octanol–water partition coefficient (Wildman–Crippen LogP) is 1.85. The van der Waals surface area contributed by atoms with Crippen LogP contribution in [0.1, 0.15) is 5.56 Å². The summed E-state index contributed by atoms with van der Waals surface area (Å²) in [4.78, 5) is 8.04. The number of aromatic nitrogens is 2. The highest BCUT2D eigenvalue weighted by Crippen LogP contribution is 2.31. The molecule has 5 nitrogen and oxygen atoms in total. The Balaban J connectivity index is 2.61. The van der Waals surface area contributed by atoms with E-state index in [0.717, 1.165) is 16.5 Å². The zero-order valence-corrected chi connectivity index (χ0v) is 8.69. The van der Waals surface area contributed by atoms with E-state index in [-0.39, 0.29) is 11.8 Å². The predicted molar refractivity (Wildman–Crippen MR) is 62.9 cm³/mol. The van der Waals surface area contributed by atoms with Crippen molar-refractivity contribution in [2.45, 2.75) is 6.92 Å². The summed E-state index contributed by atoms with van der Waals surface area (Å²) in [5, 5.41) is 0.913. The van der Waals surface area contributed by atoms with Gasteiger partial charge in [-0.1, -0.05) is 12.1 Å². The molecule has 0 bridgehead atoms. The first-order valence-corrected chi connectivity index (χ1v) is 4.87. The first kappa shape index (κ1) is 8.96. The number of aryl methyl sites for hydroxylation is 1. The highest BCUT2D eigenvalue weighted by Gasteiger charge is 2.13. The number of hydrogen-bond acceptors (Lipinski definition) is 5. The van der Waals surface area contributed by atoms with E-state index < -0.39 is 0 Å². The van der Waals surface area contributed by atoms with Gasteiger partial charge in [0.15, 0.2) is 11.4 Å². The molecule has 0 spiro atoms. The Morgan fingerprint density at radius 3 is 2.75 bits per heavy atom. The van der Waals surface area contributed by atoms with Crippen molar-refractivity contribution in [2.75, 3.05) is 11.5 Å². The van der Waals surface area contributed by atoms with E-state index in [1.807, 2.05) is 25.1 Å². The Labute approximate surface area is 91.1 Å². The molecule has 16 heavy (non-hydrogen) atoms. The average Bonchev–Trinajstić information content (AvgIpc) is 2.59. The molecule has 0 aliphatic rings. The number of nitrogens with two attached hydrogens (primary N) is 2. The third-order valence-electron chi connectivity index (χ3n) is 2.58. The van der Waals surface area contributed by atoms with E-state index in [0.29, 0.717) is 11.1 Å². The molecular weight excluding hydrogens is 204 g/mol. The van der Waals surface area contributed by atoms with Crippen molar-refractivity contribution in [3.63, 3.8) is 0 Å². The summed E-state index contributed by atoms with van der Waals surface area (Å²) in [5.41, 5.74) is 14.3. The molecule has 4 N–H and O–H groups in total. The number of furan rings is 1. The molecule has 0 amide bonds. The Bertz CT molecular complexity index is 702. The zero-order chi connectivity index (χ0) is 11.3. The van der Waals surface area contributed by atoms with Gasteiger partial charge in [-0.3, -0.25) is 0 Å². The number of hydrogen-bond donors (Lipinski definition) is 2. The summed E-state index contributed by atoms with van der Waals surface area (Å²) in [5.74, 6) is 0.437. The molecule has 0 aliphatic carbocycles. The maximum atomic E-state index is 5.75. The van der Waals surface area contributed by atoms with Crippen molar-refractivity contribution in [1.82, 2.24) is 9.97 Å². The summed E-state index contributed by atoms with van der Waals surface area (Å²) >= 11 is 0. The van der Waals surface area contributed by atoms with Crippen LogP contribution in [0.4, 0.5) is 11.8 Å². The number of para-hydroxylation sites is 1. The summed E-state index contributed by atoms with van der Waals surface area (Å²) in [7, 11) is 0. The van der Waals surface area contributed by atoms with Crippen LogP contribution in [0.3, 0.4) is 0 Å². The van der Waals surface area contributed by atoms with E-state index in [1.165, 1.54) is 0 Å². The van der Waals surface area contributed by atoms with Gasteiger partial charge in [-0.15, -0.1) is 0 Å². The standard InChI is InChI=1S/C11H10N4O/c1-5-3-2-4-6-7-9(16-8(5)6)10(12)15-11(13)14-7/h2-4H,1H3,(H4,12,13,14,15). The largest absolute Gasteiger partial charge is 0.450 e. The first-order chi connectivity index (χ1) is 7.66. The second-order valence-electron chi connectivity index (χ2n) is 3.70. The zero-order valence-electron chi connectivity index (χ0n) is 8.69. The van der Waals surface area contributed by atoms with Gasteiger partial charge in [0, 0.05) is 5.39 Å². The Kier molecular flexibility index (Phi) is 1.60. The van der Waals surface area contributed by atoms with Gasteiger partial charge in [-0.05, 0) is 18.6 Å². The van der Waals surface area contributed by atoms with Gasteiger partial charge in [0.25, 0.3) is 0 Å². The third kappa shape index (κ3) is 1.05. The fourth-order valence-electron chi connectivity index (χ4n) is 1.85. The third-order valence-corrected chi connectivity index (χ3v) is 2.58. The molecule has 3 aromatic rings. The SMILES string of the molecule is Cc1cccc2c1oc1c(N)nc(N)nc12. The maximum Gasteiger partial charge on any atom is 0.222 e. The first-order valence-electron chi connectivity index (χ1n) is 4.87. The molecule has 2 aromatic heterocycles. The molecule has 2 heterocycles. The monoisotopic (exact) mass is 214 g/mol. The van der Waals surface area contributed by atoms with Crippen molar-refractivity contribution >= 4 is 33.8 Å². The lowest BCUT2D eigenvalue weighted by Crippen LogP contribution is -1.98. The summed E-state index contributed by atoms with van der Waals surface area (Å²) < 4.78 is 5.66. The van der Waals surface area contributed by atoms with E-state index in [4.69, 9.17) is 15.9 Å². The molecule has 3 rings (SSSR count). The van der Waals surface area contributed by atoms with Crippen molar-refractivity contribution in [3.05, 3.63) is 23.8 Å². The lowest BCUT2D eigenvalue weighted by molar-refractivity contribution is 0.664. The minimum absolute atomic E-state index is 0.161. The van der Waals surface area contributed by atoms with Crippen molar-refractivity contribution in [2.24, 2.45) is 0 Å². The van der Waals surface area contributed by atoms with Gasteiger partial charge in [-0.2, -0.15) is 4.98 Å². The van der Waals surface area contributed by atoms with Crippen molar-refractivity contribution in [3.8, 4) is 0 Å². The second kappa shape index (κ2) is 2.85. The Morgan fingerprint density at radius 1 is 1.12 bits per heavy atom. The molecule has 1 aromatic carbocycles. The van der Waals surface area contributed by atoms with Crippen LogP contribution in [-0.4, -0.2) is 9.97 Å². The number of nitrogen functional groups attached to an aromatic ring is 2. The number of nitrogens with zero attached hydrogens (tertiary/aromatic N) is 2. The van der Waals surface area contributed by atoms with E-state index in [1.54, 1.807) is 0 Å². The molecular formula is C11H10N4O. The van der Waals surface area contributed by atoms with Gasteiger partial charge in [0.05, 0.1) is 0 Å². The average molecular weight is 214 g/mol. The van der Waals surface area contributed by atoms with E-state index in [9.17, 15) is 0 Å². The van der Waals surface area contributed by atoms with Crippen LogP contribution < -0.4 is 11.5 Å². The van der Waals surface area contributed by atoms with Crippen LogP contribution in [0.25, 0.3) is 22.1 Å². The molecule has 0 fully saturated rings. The number of fused-ring (bicyclic) bond motifs is 3. The minimum Gasteiger partial charge on any atom is -0.450 e. The molecule has 0 radical (unpaired) electrons.